The summed E-state index contributed by atoms with van der Waals surface area (Å²) in [6.07, 6.45) is 1.91. The van der Waals surface area contributed by atoms with Crippen LogP contribution in [-0.4, -0.2) is 37.6 Å². The molecule has 2 aromatic rings. The zero-order valence-electron chi connectivity index (χ0n) is 15.8. The second-order valence-corrected chi connectivity index (χ2v) is 7.14. The lowest BCUT2D eigenvalue weighted by Gasteiger charge is -2.30. The lowest BCUT2D eigenvalue weighted by atomic mass is 10.0. The lowest BCUT2D eigenvalue weighted by Crippen LogP contribution is -3.12. The molecule has 6 N–H and O–H groups in total. The Labute approximate surface area is 176 Å². The maximum Gasteiger partial charge on any atom is 0.255 e. The first kappa shape index (κ1) is 24.0. The van der Waals surface area contributed by atoms with E-state index in [9.17, 15) is 4.79 Å². The van der Waals surface area contributed by atoms with E-state index in [1.807, 2.05) is 6.07 Å². The molecule has 28 heavy (non-hydrogen) atoms. The number of halogens is 2. The highest BCUT2D eigenvalue weighted by atomic mass is 35.5. The summed E-state index contributed by atoms with van der Waals surface area (Å²) >= 11 is 6.06. The number of nitrogens with one attached hydrogen (secondary N) is 2. The van der Waals surface area contributed by atoms with Crippen molar-refractivity contribution in [3.05, 3.63) is 58.6 Å². The fraction of sp³-hybridized carbons (Fsp3) is 0.350. The molecule has 1 amide bonds. The number of amides is 1. The van der Waals surface area contributed by atoms with E-state index in [0.717, 1.165) is 32.5 Å². The van der Waals surface area contributed by atoms with E-state index in [0.29, 0.717) is 22.0 Å². The fourth-order valence-corrected chi connectivity index (χ4v) is 3.57. The van der Waals surface area contributed by atoms with Gasteiger partial charge in [-0.15, -0.1) is 0 Å². The number of likely N-dealkylation sites (tertiary alicyclic amines) is 1. The van der Waals surface area contributed by atoms with Gasteiger partial charge in [0.05, 0.1) is 36.5 Å². The third-order valence-electron chi connectivity index (χ3n) is 4.89. The van der Waals surface area contributed by atoms with E-state index in [1.54, 1.807) is 17.0 Å². The normalized spacial score (nSPS) is 18.4. The van der Waals surface area contributed by atoms with Crippen molar-refractivity contribution in [2.24, 2.45) is 0 Å². The maximum absolute atomic E-state index is 12.6. The molecule has 1 saturated heterocycles. The summed E-state index contributed by atoms with van der Waals surface area (Å²) in [4.78, 5) is 14.2. The first-order valence-corrected chi connectivity index (χ1v) is 9.26. The Balaban J connectivity index is 0.00000196. The Morgan fingerprint density at radius 2 is 1.89 bits per heavy atom. The molecule has 0 bridgehead atoms. The Morgan fingerprint density at radius 3 is 2.50 bits per heavy atom. The smallest absolute Gasteiger partial charge is 0.255 e. The van der Waals surface area contributed by atoms with Crippen molar-refractivity contribution in [1.29, 1.82) is 0 Å². The summed E-state index contributed by atoms with van der Waals surface area (Å²) in [5, 5.41) is 3.47. The molecule has 6 nitrogen and oxygen atoms in total. The molecule has 0 unspecified atom stereocenters. The van der Waals surface area contributed by atoms with Gasteiger partial charge in [0.15, 0.2) is 0 Å². The van der Waals surface area contributed by atoms with Crippen molar-refractivity contribution < 1.29 is 32.3 Å². The molecule has 3 rings (SSSR count). The summed E-state index contributed by atoms with van der Waals surface area (Å²) in [6, 6.07) is 13.8. The largest absolute Gasteiger partial charge is 1.00 e. The number of quaternary nitrogens is 1. The average Bonchev–Trinajstić information content (AvgIpc) is 2.66. The van der Waals surface area contributed by atoms with Crippen molar-refractivity contribution in [3.63, 3.8) is 0 Å². The molecule has 1 aliphatic rings. The minimum atomic E-state index is -0.166. The van der Waals surface area contributed by atoms with Crippen molar-refractivity contribution in [2.75, 3.05) is 25.9 Å². The van der Waals surface area contributed by atoms with Gasteiger partial charge in [-0.1, -0.05) is 41.9 Å². The molecule has 1 heterocycles. The molecule has 1 aliphatic heterocycles. The van der Waals surface area contributed by atoms with Gasteiger partial charge in [-0.2, -0.15) is 0 Å². The summed E-state index contributed by atoms with van der Waals surface area (Å²) < 4.78 is 5.27. The van der Waals surface area contributed by atoms with E-state index < -0.39 is 0 Å². The summed E-state index contributed by atoms with van der Waals surface area (Å²) in [6.45, 7) is 3.11. The van der Waals surface area contributed by atoms with Gasteiger partial charge in [-0.05, 0) is 6.07 Å². The molecule has 0 radical (unpaired) electrons. The quantitative estimate of drug-likeness (QED) is 0.485. The van der Waals surface area contributed by atoms with E-state index in [4.69, 9.17) is 22.1 Å². The van der Waals surface area contributed by atoms with Gasteiger partial charge in [-0.25, -0.2) is 0 Å². The van der Waals surface area contributed by atoms with Crippen molar-refractivity contribution >= 4 is 23.2 Å². The predicted molar refractivity (Wildman–Crippen MR) is 107 cm³/mol. The third kappa shape index (κ3) is 6.01. The number of rotatable bonds is 5. The number of nitrogens with two attached hydrogens (primary N) is 1. The van der Waals surface area contributed by atoms with Gasteiger partial charge >= 0.3 is 0 Å². The first-order valence-electron chi connectivity index (χ1n) is 8.88. The lowest BCUT2D eigenvalue weighted by molar-refractivity contribution is -0.918. The van der Waals surface area contributed by atoms with Gasteiger partial charge in [0.25, 0.3) is 5.91 Å². The zero-order valence-corrected chi connectivity index (χ0v) is 17.3. The van der Waals surface area contributed by atoms with Crippen LogP contribution in [0.1, 0.15) is 28.8 Å². The predicted octanol–water partition coefficient (Wildman–Crippen LogP) is -1.91. The monoisotopic (exact) mass is 427 g/mol. The average molecular weight is 428 g/mol. The molecule has 1 fully saturated rings. The Kier molecular flexibility index (Phi) is 9.55. The molecule has 2 aromatic carbocycles. The van der Waals surface area contributed by atoms with Crippen LogP contribution in [0.4, 0.5) is 5.69 Å². The van der Waals surface area contributed by atoms with Crippen molar-refractivity contribution in [3.8, 4) is 5.75 Å². The number of carbonyl (C=O) groups excluding carboxylic acids is 1. The standard InChI is InChI=1S/C20H24ClN3O2.ClH.H2O/c1-26-19-12-18(22)17(21)11-16(19)20(25)23-15-7-9-24(10-8-15)13-14-5-3-2-4-6-14;;/h2-6,11-12,15H,7-10,13,22H2,1H3,(H,23,25);1H;1H2. The second kappa shape index (κ2) is 11.1. The molecule has 154 valence electrons. The van der Waals surface area contributed by atoms with E-state index in [-0.39, 0.29) is 29.8 Å². The number of benzene rings is 2. The number of anilines is 1. The SMILES string of the molecule is COc1cc(N)c(Cl)cc1C(=O)NC1CC[NH+](Cc2ccccc2)CC1.O.[Cl-]. The highest BCUT2D eigenvalue weighted by Gasteiger charge is 2.25. The molecule has 0 spiro atoms. The van der Waals surface area contributed by atoms with E-state index in [1.165, 1.54) is 12.7 Å². The number of methoxy groups -OCH3 is 1. The molecule has 0 aromatic heterocycles. The Bertz CT molecular complexity index is 767. The molecular formula is C20H27Cl2N3O3. The molecule has 0 saturated carbocycles. The van der Waals surface area contributed by atoms with Gasteiger partial charge in [-0.3, -0.25) is 4.79 Å². The summed E-state index contributed by atoms with van der Waals surface area (Å²) in [7, 11) is 1.52. The second-order valence-electron chi connectivity index (χ2n) is 6.73. The number of hydrogen-bond acceptors (Lipinski definition) is 3. The number of ether oxygens (including phenoxy) is 1. The number of hydrogen-bond donors (Lipinski definition) is 3. The highest BCUT2D eigenvalue weighted by Crippen LogP contribution is 2.28. The number of carbonyl (C=O) groups is 1. The number of nitrogen functional groups attached to an aromatic ring is 1. The van der Waals surface area contributed by atoms with Crippen LogP contribution in [0, 0.1) is 0 Å². The van der Waals surface area contributed by atoms with Crippen molar-refractivity contribution in [2.45, 2.75) is 25.4 Å². The molecule has 0 aliphatic carbocycles. The fourth-order valence-electron chi connectivity index (χ4n) is 3.41. The minimum absolute atomic E-state index is 0. The zero-order chi connectivity index (χ0) is 18.5. The van der Waals surface area contributed by atoms with Gasteiger partial charge in [0.1, 0.15) is 12.3 Å². The van der Waals surface area contributed by atoms with E-state index in [2.05, 4.69) is 29.6 Å². The van der Waals surface area contributed by atoms with Gasteiger partial charge in [0, 0.05) is 30.5 Å². The Morgan fingerprint density at radius 1 is 1.25 bits per heavy atom. The third-order valence-corrected chi connectivity index (χ3v) is 5.22. The summed E-state index contributed by atoms with van der Waals surface area (Å²) in [5.41, 5.74) is 7.96. The van der Waals surface area contributed by atoms with Crippen LogP contribution in [0.5, 0.6) is 5.75 Å². The van der Waals surface area contributed by atoms with Crippen LogP contribution in [0.3, 0.4) is 0 Å². The van der Waals surface area contributed by atoms with Crippen LogP contribution in [0.15, 0.2) is 42.5 Å². The Hall–Kier alpha value is -1.99. The number of piperidine rings is 1. The van der Waals surface area contributed by atoms with E-state index >= 15 is 0 Å². The molecule has 8 heteroatoms. The topological polar surface area (TPSA) is 100 Å². The molecular weight excluding hydrogens is 401 g/mol. The first-order chi connectivity index (χ1) is 12.6. The molecule has 0 atom stereocenters. The van der Waals surface area contributed by atoms with Crippen LogP contribution in [-0.2, 0) is 6.54 Å². The highest BCUT2D eigenvalue weighted by molar-refractivity contribution is 6.33. The van der Waals surface area contributed by atoms with Crippen LogP contribution >= 0.6 is 11.6 Å². The van der Waals surface area contributed by atoms with Crippen molar-refractivity contribution in [1.82, 2.24) is 5.32 Å². The maximum atomic E-state index is 12.6. The van der Waals surface area contributed by atoms with Gasteiger partial charge < -0.3 is 38.6 Å². The van der Waals surface area contributed by atoms with Crippen LogP contribution in [0.25, 0.3) is 0 Å². The van der Waals surface area contributed by atoms with Gasteiger partial charge in [0.2, 0.25) is 0 Å². The minimum Gasteiger partial charge on any atom is -1.00 e. The van der Waals surface area contributed by atoms with Crippen LogP contribution in [0.2, 0.25) is 5.02 Å². The van der Waals surface area contributed by atoms with Crippen LogP contribution < -0.4 is 33.1 Å². The summed E-state index contributed by atoms with van der Waals surface area (Å²) in [5.74, 6) is 0.275.